The minimum Gasteiger partial charge on any atom is -0.362 e. The second-order valence-electron chi connectivity index (χ2n) is 5.33. The van der Waals surface area contributed by atoms with Gasteiger partial charge in [-0.3, -0.25) is 4.68 Å². The predicted octanol–water partition coefficient (Wildman–Crippen LogP) is 3.37. The molecule has 1 aromatic carbocycles. The summed E-state index contributed by atoms with van der Waals surface area (Å²) in [6, 6.07) is 15.9. The van der Waals surface area contributed by atoms with Crippen LogP contribution in [0.25, 0.3) is 0 Å². The molecule has 2 aromatic heterocycles. The molecule has 3 aromatic rings. The van der Waals surface area contributed by atoms with Gasteiger partial charge in [-0.1, -0.05) is 30.3 Å². The van der Waals surface area contributed by atoms with E-state index in [1.165, 1.54) is 5.56 Å². The lowest BCUT2D eigenvalue weighted by Gasteiger charge is -2.13. The lowest BCUT2D eigenvalue weighted by Crippen LogP contribution is -2.08. The van der Waals surface area contributed by atoms with Crippen LogP contribution in [-0.2, 0) is 6.54 Å². The summed E-state index contributed by atoms with van der Waals surface area (Å²) in [4.78, 5) is 4.23. The molecule has 5 nitrogen and oxygen atoms in total. The Morgan fingerprint density at radius 3 is 2.83 bits per heavy atom. The van der Waals surface area contributed by atoms with Gasteiger partial charge in [0, 0.05) is 18.0 Å². The number of nitriles is 1. The SMILES string of the molecule is CC(Nc1ncccc1C#N)c1cnn(Cc2ccccc2)c1. The van der Waals surface area contributed by atoms with Crippen molar-refractivity contribution in [3.05, 3.63) is 77.7 Å². The van der Waals surface area contributed by atoms with Crippen molar-refractivity contribution in [1.82, 2.24) is 14.8 Å². The van der Waals surface area contributed by atoms with Crippen molar-refractivity contribution in [1.29, 1.82) is 5.26 Å². The number of pyridine rings is 1. The van der Waals surface area contributed by atoms with Crippen LogP contribution in [0.5, 0.6) is 0 Å². The van der Waals surface area contributed by atoms with E-state index >= 15 is 0 Å². The van der Waals surface area contributed by atoms with E-state index in [0.29, 0.717) is 11.4 Å². The van der Waals surface area contributed by atoms with E-state index in [1.807, 2.05) is 42.2 Å². The summed E-state index contributed by atoms with van der Waals surface area (Å²) in [5.41, 5.74) is 2.80. The van der Waals surface area contributed by atoms with Gasteiger partial charge in [-0.15, -0.1) is 0 Å². The average Bonchev–Trinajstić information content (AvgIpc) is 3.05. The topological polar surface area (TPSA) is 66.5 Å². The molecule has 2 heterocycles. The molecule has 0 fully saturated rings. The fourth-order valence-corrected chi connectivity index (χ4v) is 2.36. The zero-order valence-corrected chi connectivity index (χ0v) is 12.8. The number of rotatable bonds is 5. The first-order valence-electron chi connectivity index (χ1n) is 7.44. The summed E-state index contributed by atoms with van der Waals surface area (Å²) in [6.07, 6.45) is 5.53. The van der Waals surface area contributed by atoms with E-state index in [-0.39, 0.29) is 6.04 Å². The van der Waals surface area contributed by atoms with Gasteiger partial charge in [0.05, 0.1) is 24.3 Å². The van der Waals surface area contributed by atoms with Crippen molar-refractivity contribution in [2.24, 2.45) is 0 Å². The van der Waals surface area contributed by atoms with Crippen molar-refractivity contribution < 1.29 is 0 Å². The van der Waals surface area contributed by atoms with Crippen molar-refractivity contribution in [3.63, 3.8) is 0 Å². The molecule has 1 unspecified atom stereocenters. The summed E-state index contributed by atoms with van der Waals surface area (Å²) in [5.74, 6) is 0.596. The molecule has 23 heavy (non-hydrogen) atoms. The quantitative estimate of drug-likeness (QED) is 0.784. The number of nitrogens with zero attached hydrogens (tertiary/aromatic N) is 4. The average molecular weight is 303 g/mol. The molecule has 5 heteroatoms. The molecule has 0 aliphatic heterocycles. The number of benzene rings is 1. The van der Waals surface area contributed by atoms with Crippen molar-refractivity contribution in [3.8, 4) is 6.07 Å². The summed E-state index contributed by atoms with van der Waals surface area (Å²) in [5, 5.41) is 16.8. The number of hydrogen-bond acceptors (Lipinski definition) is 4. The van der Waals surface area contributed by atoms with Gasteiger partial charge in [0.15, 0.2) is 0 Å². The molecule has 0 aliphatic rings. The van der Waals surface area contributed by atoms with Gasteiger partial charge < -0.3 is 5.32 Å². The minimum absolute atomic E-state index is 0.0153. The van der Waals surface area contributed by atoms with E-state index < -0.39 is 0 Å². The highest BCUT2D eigenvalue weighted by atomic mass is 15.3. The molecule has 0 saturated heterocycles. The number of hydrogen-bond donors (Lipinski definition) is 1. The van der Waals surface area contributed by atoms with Crippen LogP contribution in [-0.4, -0.2) is 14.8 Å². The van der Waals surface area contributed by atoms with Crippen LogP contribution in [0.3, 0.4) is 0 Å². The van der Waals surface area contributed by atoms with Crippen LogP contribution in [0.2, 0.25) is 0 Å². The Balaban J connectivity index is 1.71. The van der Waals surface area contributed by atoms with E-state index in [0.717, 1.165) is 12.1 Å². The van der Waals surface area contributed by atoms with Crippen LogP contribution >= 0.6 is 0 Å². The lowest BCUT2D eigenvalue weighted by atomic mass is 10.2. The molecule has 0 spiro atoms. The molecule has 114 valence electrons. The second kappa shape index (κ2) is 6.75. The van der Waals surface area contributed by atoms with Crippen molar-refractivity contribution in [2.75, 3.05) is 5.32 Å². The van der Waals surface area contributed by atoms with Gasteiger partial charge in [0.2, 0.25) is 0 Å². The monoisotopic (exact) mass is 303 g/mol. The Morgan fingerprint density at radius 1 is 1.22 bits per heavy atom. The first-order chi connectivity index (χ1) is 11.3. The van der Waals surface area contributed by atoms with Gasteiger partial charge in [-0.05, 0) is 24.6 Å². The molecule has 1 N–H and O–H groups in total. The first-order valence-corrected chi connectivity index (χ1v) is 7.44. The Labute approximate surface area is 135 Å². The van der Waals surface area contributed by atoms with E-state index in [9.17, 15) is 0 Å². The first kappa shape index (κ1) is 14.8. The zero-order valence-electron chi connectivity index (χ0n) is 12.8. The van der Waals surface area contributed by atoms with Gasteiger partial charge in [0.25, 0.3) is 0 Å². The molecule has 3 rings (SSSR count). The summed E-state index contributed by atoms with van der Waals surface area (Å²) in [6.45, 7) is 2.76. The van der Waals surface area contributed by atoms with Gasteiger partial charge in [-0.25, -0.2) is 4.98 Å². The summed E-state index contributed by atoms with van der Waals surface area (Å²) < 4.78 is 1.91. The Hall–Kier alpha value is -3.13. The van der Waals surface area contributed by atoms with Gasteiger partial charge in [0.1, 0.15) is 11.9 Å². The van der Waals surface area contributed by atoms with Crippen LogP contribution in [0, 0.1) is 11.3 Å². The van der Waals surface area contributed by atoms with Gasteiger partial charge >= 0.3 is 0 Å². The molecular formula is C18H17N5. The molecule has 0 aliphatic carbocycles. The maximum Gasteiger partial charge on any atom is 0.144 e. The molecule has 0 bridgehead atoms. The third-order valence-electron chi connectivity index (χ3n) is 3.62. The minimum atomic E-state index is 0.0153. The van der Waals surface area contributed by atoms with Crippen molar-refractivity contribution >= 4 is 5.82 Å². The molecular weight excluding hydrogens is 286 g/mol. The molecule has 0 amide bonds. The second-order valence-corrected chi connectivity index (χ2v) is 5.33. The van der Waals surface area contributed by atoms with Crippen LogP contribution in [0.15, 0.2) is 61.1 Å². The fourth-order valence-electron chi connectivity index (χ4n) is 2.36. The summed E-state index contributed by atoms with van der Waals surface area (Å²) in [7, 11) is 0. The lowest BCUT2D eigenvalue weighted by molar-refractivity contribution is 0.685. The van der Waals surface area contributed by atoms with Gasteiger partial charge in [-0.2, -0.15) is 10.4 Å². The van der Waals surface area contributed by atoms with Crippen LogP contribution in [0.4, 0.5) is 5.82 Å². The van der Waals surface area contributed by atoms with E-state index in [2.05, 4.69) is 33.6 Å². The van der Waals surface area contributed by atoms with Crippen LogP contribution in [0.1, 0.15) is 29.7 Å². The van der Waals surface area contributed by atoms with Crippen molar-refractivity contribution in [2.45, 2.75) is 19.5 Å². The molecule has 0 saturated carbocycles. The molecule has 1 atom stereocenters. The predicted molar refractivity (Wildman–Crippen MR) is 88.8 cm³/mol. The summed E-state index contributed by atoms with van der Waals surface area (Å²) >= 11 is 0. The van der Waals surface area contributed by atoms with E-state index in [4.69, 9.17) is 5.26 Å². The maximum absolute atomic E-state index is 9.12. The van der Waals surface area contributed by atoms with Crippen LogP contribution < -0.4 is 5.32 Å². The smallest absolute Gasteiger partial charge is 0.144 e. The number of aromatic nitrogens is 3. The standard InChI is InChI=1S/C18H17N5/c1-14(22-18-16(10-19)8-5-9-20-18)17-11-21-23(13-17)12-15-6-3-2-4-7-15/h2-9,11,13-14H,12H2,1H3,(H,20,22). The molecule has 0 radical (unpaired) electrons. The Kier molecular flexibility index (Phi) is 4.34. The fraction of sp³-hybridized carbons (Fsp3) is 0.167. The highest BCUT2D eigenvalue weighted by Crippen LogP contribution is 2.19. The van der Waals surface area contributed by atoms with E-state index in [1.54, 1.807) is 18.3 Å². The zero-order chi connectivity index (χ0) is 16.1. The Bertz CT molecular complexity index is 817. The third kappa shape index (κ3) is 3.55. The largest absolute Gasteiger partial charge is 0.362 e. The number of anilines is 1. The Morgan fingerprint density at radius 2 is 2.04 bits per heavy atom. The normalized spacial score (nSPS) is 11.7. The third-order valence-corrected chi connectivity index (χ3v) is 3.62. The highest BCUT2D eigenvalue weighted by molar-refractivity contribution is 5.52. The maximum atomic E-state index is 9.12. The number of nitrogens with one attached hydrogen (secondary N) is 1. The highest BCUT2D eigenvalue weighted by Gasteiger charge is 2.11.